The first-order valence-electron chi connectivity index (χ1n) is 6.64. The van der Waals surface area contributed by atoms with Gasteiger partial charge in [-0.1, -0.05) is 0 Å². The van der Waals surface area contributed by atoms with Crippen LogP contribution in [0, 0.1) is 12.3 Å². The summed E-state index contributed by atoms with van der Waals surface area (Å²) in [6, 6.07) is 7.10. The number of nitrogens with one attached hydrogen (secondary N) is 1. The van der Waals surface area contributed by atoms with E-state index in [2.05, 4.69) is 4.98 Å². The van der Waals surface area contributed by atoms with Gasteiger partial charge in [0.15, 0.2) is 0 Å². The van der Waals surface area contributed by atoms with Crippen LogP contribution in [0.2, 0.25) is 0 Å². The Morgan fingerprint density at radius 2 is 1.64 bits per heavy atom. The Hall–Kier alpha value is -2.76. The van der Waals surface area contributed by atoms with E-state index in [-0.39, 0.29) is 5.84 Å². The van der Waals surface area contributed by atoms with E-state index in [1.807, 2.05) is 6.92 Å². The van der Waals surface area contributed by atoms with Gasteiger partial charge in [-0.25, -0.2) is 0 Å². The van der Waals surface area contributed by atoms with Crippen LogP contribution in [0.1, 0.15) is 11.3 Å². The highest BCUT2D eigenvalue weighted by Gasteiger charge is 2.17. The number of benzene rings is 1. The highest BCUT2D eigenvalue weighted by Crippen LogP contribution is 2.41. The molecule has 0 spiro atoms. The molecule has 0 saturated heterocycles. The topological polar surface area (TPSA) is 90.5 Å². The molecule has 0 aliphatic rings. The van der Waals surface area contributed by atoms with Gasteiger partial charge in [-0.2, -0.15) is 0 Å². The van der Waals surface area contributed by atoms with Gasteiger partial charge in [0.1, 0.15) is 23.1 Å². The van der Waals surface area contributed by atoms with Crippen molar-refractivity contribution < 1.29 is 14.2 Å². The molecule has 0 aliphatic heterocycles. The molecule has 0 unspecified atom stereocenters. The third-order valence-electron chi connectivity index (χ3n) is 3.35. The van der Waals surface area contributed by atoms with Crippen LogP contribution in [-0.2, 0) is 0 Å². The number of nitrogens with two attached hydrogens (primary N) is 1. The van der Waals surface area contributed by atoms with E-state index in [9.17, 15) is 0 Å². The Bertz CT molecular complexity index is 689. The number of nitrogens with zero attached hydrogens (tertiary/aromatic N) is 1. The Labute approximate surface area is 129 Å². The molecule has 0 saturated carbocycles. The van der Waals surface area contributed by atoms with E-state index in [4.69, 9.17) is 25.4 Å². The summed E-state index contributed by atoms with van der Waals surface area (Å²) in [5, 5.41) is 7.53. The van der Waals surface area contributed by atoms with Crippen molar-refractivity contribution >= 4 is 5.84 Å². The fourth-order valence-corrected chi connectivity index (χ4v) is 2.24. The van der Waals surface area contributed by atoms with Crippen molar-refractivity contribution in [2.75, 3.05) is 21.3 Å². The number of aryl methyl sites for hydroxylation is 1. The average molecular weight is 301 g/mol. The lowest BCUT2D eigenvalue weighted by Crippen LogP contribution is -2.13. The minimum atomic E-state index is -0.00906. The minimum Gasteiger partial charge on any atom is -0.496 e. The monoisotopic (exact) mass is 301 g/mol. The second kappa shape index (κ2) is 6.34. The normalized spacial score (nSPS) is 10.2. The number of methoxy groups -OCH3 is 3. The van der Waals surface area contributed by atoms with Gasteiger partial charge in [-0.05, 0) is 19.1 Å². The zero-order valence-corrected chi connectivity index (χ0v) is 13.1. The number of rotatable bonds is 5. The average Bonchev–Trinajstić information content (AvgIpc) is 2.52. The van der Waals surface area contributed by atoms with Gasteiger partial charge in [0.25, 0.3) is 0 Å². The number of amidine groups is 1. The molecule has 0 aliphatic carbocycles. The van der Waals surface area contributed by atoms with Crippen LogP contribution in [0.3, 0.4) is 0 Å². The van der Waals surface area contributed by atoms with Crippen LogP contribution in [0.25, 0.3) is 11.3 Å². The predicted molar refractivity (Wildman–Crippen MR) is 85.1 cm³/mol. The smallest absolute Gasteiger partial charge is 0.135 e. The van der Waals surface area contributed by atoms with Gasteiger partial charge in [0, 0.05) is 23.4 Å². The maximum Gasteiger partial charge on any atom is 0.135 e. The van der Waals surface area contributed by atoms with Crippen molar-refractivity contribution in [2.24, 2.45) is 5.73 Å². The van der Waals surface area contributed by atoms with Gasteiger partial charge in [0.05, 0.1) is 32.6 Å². The quantitative estimate of drug-likeness (QED) is 0.653. The molecule has 2 aromatic rings. The number of pyridine rings is 1. The van der Waals surface area contributed by atoms with Gasteiger partial charge < -0.3 is 19.9 Å². The maximum atomic E-state index is 7.53. The van der Waals surface area contributed by atoms with Crippen molar-refractivity contribution in [3.8, 4) is 28.5 Å². The Morgan fingerprint density at radius 3 is 2.05 bits per heavy atom. The van der Waals surface area contributed by atoms with E-state index >= 15 is 0 Å². The summed E-state index contributed by atoms with van der Waals surface area (Å²) in [5.74, 6) is 1.82. The third kappa shape index (κ3) is 2.81. The fourth-order valence-electron chi connectivity index (χ4n) is 2.24. The molecule has 0 amide bonds. The number of hydrogen-bond acceptors (Lipinski definition) is 5. The first kappa shape index (κ1) is 15.6. The molecule has 22 heavy (non-hydrogen) atoms. The lowest BCUT2D eigenvalue weighted by Gasteiger charge is -2.15. The van der Waals surface area contributed by atoms with E-state index < -0.39 is 0 Å². The van der Waals surface area contributed by atoms with Crippen LogP contribution in [0.15, 0.2) is 24.3 Å². The predicted octanol–water partition coefficient (Wildman–Crippen LogP) is 2.37. The van der Waals surface area contributed by atoms with E-state index in [0.29, 0.717) is 34.2 Å². The number of nitrogen functional groups attached to an aromatic ring is 1. The second-order valence-corrected chi connectivity index (χ2v) is 4.65. The SMILES string of the molecule is COc1cc(OC)c(-c2ccc(C(=N)N)c(C)n2)c(OC)c1. The summed E-state index contributed by atoms with van der Waals surface area (Å²) in [7, 11) is 4.74. The van der Waals surface area contributed by atoms with Crippen molar-refractivity contribution in [1.29, 1.82) is 5.41 Å². The van der Waals surface area contributed by atoms with Crippen molar-refractivity contribution in [3.63, 3.8) is 0 Å². The second-order valence-electron chi connectivity index (χ2n) is 4.65. The largest absolute Gasteiger partial charge is 0.496 e. The summed E-state index contributed by atoms with van der Waals surface area (Å²) in [6.45, 7) is 1.81. The molecular weight excluding hydrogens is 282 g/mol. The van der Waals surface area contributed by atoms with Gasteiger partial charge in [0.2, 0.25) is 0 Å². The summed E-state index contributed by atoms with van der Waals surface area (Å²) < 4.78 is 16.1. The van der Waals surface area contributed by atoms with E-state index in [1.54, 1.807) is 45.6 Å². The molecule has 1 aromatic heterocycles. The number of hydrogen-bond donors (Lipinski definition) is 2. The molecule has 0 atom stereocenters. The Morgan fingerprint density at radius 1 is 1.05 bits per heavy atom. The van der Waals surface area contributed by atoms with Crippen molar-refractivity contribution in [2.45, 2.75) is 6.92 Å². The molecule has 3 N–H and O–H groups in total. The molecule has 0 radical (unpaired) electrons. The van der Waals surface area contributed by atoms with Crippen LogP contribution in [-0.4, -0.2) is 32.1 Å². The van der Waals surface area contributed by atoms with Crippen molar-refractivity contribution in [1.82, 2.24) is 4.98 Å². The van der Waals surface area contributed by atoms with Crippen molar-refractivity contribution in [3.05, 3.63) is 35.5 Å². The lowest BCUT2D eigenvalue weighted by molar-refractivity contribution is 0.377. The summed E-state index contributed by atoms with van der Waals surface area (Å²) >= 11 is 0. The highest BCUT2D eigenvalue weighted by molar-refractivity contribution is 5.96. The minimum absolute atomic E-state index is 0.00906. The van der Waals surface area contributed by atoms with E-state index in [1.165, 1.54) is 0 Å². The van der Waals surface area contributed by atoms with Crippen LogP contribution < -0.4 is 19.9 Å². The molecule has 6 nitrogen and oxygen atoms in total. The molecule has 116 valence electrons. The van der Waals surface area contributed by atoms with Gasteiger partial charge in [-0.3, -0.25) is 10.4 Å². The number of ether oxygens (including phenoxy) is 3. The zero-order chi connectivity index (χ0) is 16.3. The molecule has 0 bridgehead atoms. The Balaban J connectivity index is 2.65. The standard InChI is InChI=1S/C16H19N3O3/c1-9-11(16(17)18)5-6-12(19-9)15-13(21-3)7-10(20-2)8-14(15)22-4/h5-8H,1-4H3,(H3,17,18). The van der Waals surface area contributed by atoms with E-state index in [0.717, 1.165) is 5.56 Å². The summed E-state index contributed by atoms with van der Waals surface area (Å²) in [4.78, 5) is 4.52. The zero-order valence-electron chi connectivity index (χ0n) is 13.1. The van der Waals surface area contributed by atoms with Crippen LogP contribution in [0.5, 0.6) is 17.2 Å². The third-order valence-corrected chi connectivity index (χ3v) is 3.35. The number of aromatic nitrogens is 1. The Kier molecular flexibility index (Phi) is 4.50. The first-order chi connectivity index (χ1) is 10.5. The summed E-state index contributed by atoms with van der Waals surface area (Å²) in [6.07, 6.45) is 0. The highest BCUT2D eigenvalue weighted by atomic mass is 16.5. The van der Waals surface area contributed by atoms with Crippen LogP contribution in [0.4, 0.5) is 0 Å². The van der Waals surface area contributed by atoms with Gasteiger partial charge in [-0.15, -0.1) is 0 Å². The molecule has 1 aromatic carbocycles. The maximum absolute atomic E-state index is 7.53. The molecule has 1 heterocycles. The molecule has 2 rings (SSSR count). The lowest BCUT2D eigenvalue weighted by atomic mass is 10.1. The first-order valence-corrected chi connectivity index (χ1v) is 6.64. The molecular formula is C16H19N3O3. The fraction of sp³-hybridized carbons (Fsp3) is 0.250. The van der Waals surface area contributed by atoms with Gasteiger partial charge >= 0.3 is 0 Å². The van der Waals surface area contributed by atoms with Crippen LogP contribution >= 0.6 is 0 Å². The molecule has 0 fully saturated rings. The summed E-state index contributed by atoms with van der Waals surface area (Å²) in [5.41, 5.74) is 8.21. The molecule has 6 heteroatoms.